The number of carbonyl (C=O) groups is 1. The van der Waals surface area contributed by atoms with Crippen LogP contribution in [0.3, 0.4) is 0 Å². The van der Waals surface area contributed by atoms with Crippen LogP contribution in [-0.2, 0) is 9.47 Å². The molecule has 11 heteroatoms. The number of benzene rings is 1. The molecule has 11 nitrogen and oxygen atoms in total. The molecule has 2 aliphatic rings. The van der Waals surface area contributed by atoms with Crippen molar-refractivity contribution in [2.45, 2.75) is 39.7 Å². The zero-order valence-corrected chi connectivity index (χ0v) is 21.1. The van der Waals surface area contributed by atoms with Gasteiger partial charge in [0.15, 0.2) is 11.5 Å². The monoisotopic (exact) mass is 506 g/mol. The molecule has 1 saturated heterocycles. The average molecular weight is 507 g/mol. The summed E-state index contributed by atoms with van der Waals surface area (Å²) in [6.45, 7) is 16.1. The summed E-state index contributed by atoms with van der Waals surface area (Å²) in [6.07, 6.45) is 3.23. The smallest absolute Gasteiger partial charge is 0.331 e. The lowest BCUT2D eigenvalue weighted by atomic mass is 9.75. The first-order valence-electron chi connectivity index (χ1n) is 12.6. The summed E-state index contributed by atoms with van der Waals surface area (Å²) < 4.78 is 12.8. The predicted octanol–water partition coefficient (Wildman–Crippen LogP) is 4.85. The van der Waals surface area contributed by atoms with Crippen LogP contribution in [0.15, 0.2) is 24.4 Å². The number of rotatable bonds is 5. The molecule has 1 N–H and O–H groups in total. The van der Waals surface area contributed by atoms with Crippen LogP contribution in [0, 0.1) is 34.4 Å². The molecule has 194 valence electrons. The fourth-order valence-electron chi connectivity index (χ4n) is 5.83. The van der Waals surface area contributed by atoms with Gasteiger partial charge in [0.25, 0.3) is 5.69 Å². The molecule has 5 rings (SSSR count). The Morgan fingerprint density at radius 2 is 1.95 bits per heavy atom. The summed E-state index contributed by atoms with van der Waals surface area (Å²) in [4.78, 5) is 34.8. The molecule has 2 atom stereocenters. The zero-order chi connectivity index (χ0) is 26.3. The number of H-pyrrole nitrogens is 1. The van der Waals surface area contributed by atoms with E-state index in [-0.39, 0.29) is 40.5 Å². The normalized spacial score (nSPS) is 24.1. The van der Waals surface area contributed by atoms with Crippen molar-refractivity contribution in [3.63, 3.8) is 0 Å². The van der Waals surface area contributed by atoms with Crippen molar-refractivity contribution in [1.82, 2.24) is 14.6 Å². The molecule has 1 aromatic carbocycles. The predicted molar refractivity (Wildman–Crippen MR) is 137 cm³/mol. The lowest BCUT2D eigenvalue weighted by molar-refractivity contribution is -0.384. The van der Waals surface area contributed by atoms with Crippen LogP contribution in [0.2, 0.25) is 0 Å². The summed E-state index contributed by atoms with van der Waals surface area (Å²) in [5.41, 5.74) is 1.51. The molecule has 0 amide bonds. The standard InChI is InChI=1S/C26H30N6O5/c1-15-11-16(2)23(17(3)12-15)37-26(33)22-19(27-4)14-31-25(22)28-24(29-31)18-5-6-20(21(13-18)32(34)35)30-7-9-36-10-8-30/h5-6,13-17,23H,7-12H2,1-3H3,(H,28,29). The highest BCUT2D eigenvalue weighted by Crippen LogP contribution is 2.37. The van der Waals surface area contributed by atoms with Gasteiger partial charge in [-0.15, -0.1) is 0 Å². The molecule has 2 unspecified atom stereocenters. The van der Waals surface area contributed by atoms with Crippen molar-refractivity contribution in [3.05, 3.63) is 51.5 Å². The average Bonchev–Trinajstić information content (AvgIpc) is 3.44. The number of carbonyl (C=O) groups excluding carboxylic acids is 1. The van der Waals surface area contributed by atoms with Crippen molar-refractivity contribution in [2.24, 2.45) is 17.8 Å². The van der Waals surface area contributed by atoms with E-state index in [9.17, 15) is 14.9 Å². The van der Waals surface area contributed by atoms with Gasteiger partial charge in [-0.05, 0) is 42.7 Å². The Hall–Kier alpha value is -3.91. The maximum absolute atomic E-state index is 13.3. The van der Waals surface area contributed by atoms with Crippen LogP contribution < -0.4 is 4.90 Å². The van der Waals surface area contributed by atoms with Crippen molar-refractivity contribution < 1.29 is 19.2 Å². The molecule has 3 heterocycles. The highest BCUT2D eigenvalue weighted by molar-refractivity contribution is 6.03. The van der Waals surface area contributed by atoms with E-state index >= 15 is 0 Å². The second-order valence-electron chi connectivity index (χ2n) is 10.2. The Kier molecular flexibility index (Phi) is 6.60. The maximum atomic E-state index is 13.3. The summed E-state index contributed by atoms with van der Waals surface area (Å²) in [5, 5.41) is 14.9. The number of aromatic nitrogens is 3. The van der Waals surface area contributed by atoms with Crippen molar-refractivity contribution >= 4 is 28.7 Å². The van der Waals surface area contributed by atoms with Gasteiger partial charge < -0.3 is 14.4 Å². The number of nitro benzene ring substituents is 1. The molecule has 0 radical (unpaired) electrons. The van der Waals surface area contributed by atoms with Crippen LogP contribution in [0.5, 0.6) is 0 Å². The van der Waals surface area contributed by atoms with Crippen LogP contribution in [0.1, 0.15) is 44.0 Å². The van der Waals surface area contributed by atoms with E-state index in [1.54, 1.807) is 12.1 Å². The Morgan fingerprint density at radius 1 is 1.24 bits per heavy atom. The Bertz CT molecular complexity index is 1370. The summed E-state index contributed by atoms with van der Waals surface area (Å²) in [5.74, 6) is 0.798. The van der Waals surface area contributed by atoms with Gasteiger partial charge in [-0.2, -0.15) is 0 Å². The summed E-state index contributed by atoms with van der Waals surface area (Å²) >= 11 is 0. The fourth-order valence-corrected chi connectivity index (χ4v) is 5.83. The van der Waals surface area contributed by atoms with Crippen LogP contribution >= 0.6 is 0 Å². The number of morpholine rings is 1. The maximum Gasteiger partial charge on any atom is 0.331 e. The van der Waals surface area contributed by atoms with Crippen molar-refractivity contribution in [1.29, 1.82) is 0 Å². The molecule has 2 aromatic heterocycles. The first kappa shape index (κ1) is 24.8. The number of nitrogens with zero attached hydrogens (tertiary/aromatic N) is 5. The van der Waals surface area contributed by atoms with Gasteiger partial charge in [0.05, 0.1) is 24.7 Å². The quantitative estimate of drug-likeness (QED) is 0.227. The molecular weight excluding hydrogens is 476 g/mol. The van der Waals surface area contributed by atoms with Gasteiger partial charge in [0, 0.05) is 30.9 Å². The second-order valence-corrected chi connectivity index (χ2v) is 10.2. The van der Waals surface area contributed by atoms with Crippen LogP contribution in [0.25, 0.3) is 21.9 Å². The van der Waals surface area contributed by atoms with Gasteiger partial charge in [0.2, 0.25) is 5.69 Å². The SMILES string of the molecule is [C-]#[N+]c1cn2[nH]c(-c3ccc(N4CCOCC4)c([N+](=O)[O-])c3)nc2c1C(=O)OC1C(C)CC(C)CC1C. The van der Waals surface area contributed by atoms with Gasteiger partial charge >= 0.3 is 5.97 Å². The van der Waals surface area contributed by atoms with Gasteiger partial charge in [-0.1, -0.05) is 20.8 Å². The zero-order valence-electron chi connectivity index (χ0n) is 21.1. The Balaban J connectivity index is 1.47. The number of esters is 1. The number of hydrogen-bond donors (Lipinski definition) is 1. The third-order valence-corrected chi connectivity index (χ3v) is 7.44. The molecule has 37 heavy (non-hydrogen) atoms. The van der Waals surface area contributed by atoms with E-state index < -0.39 is 10.9 Å². The van der Waals surface area contributed by atoms with E-state index in [0.29, 0.717) is 49.3 Å². The topological polar surface area (TPSA) is 119 Å². The number of aromatic amines is 1. The number of hydrogen-bond acceptors (Lipinski definition) is 7. The minimum absolute atomic E-state index is 0.0311. The number of nitrogens with one attached hydrogen (secondary N) is 1. The number of anilines is 1. The first-order chi connectivity index (χ1) is 17.8. The largest absolute Gasteiger partial charge is 0.459 e. The van der Waals surface area contributed by atoms with Crippen molar-refractivity contribution in [2.75, 3.05) is 31.2 Å². The van der Waals surface area contributed by atoms with E-state index in [1.165, 1.54) is 16.8 Å². The summed E-state index contributed by atoms with van der Waals surface area (Å²) in [7, 11) is 0. The van der Waals surface area contributed by atoms with E-state index in [0.717, 1.165) is 12.8 Å². The van der Waals surface area contributed by atoms with Gasteiger partial charge in [-0.25, -0.2) is 14.6 Å². The summed E-state index contributed by atoms with van der Waals surface area (Å²) in [6, 6.07) is 4.95. The van der Waals surface area contributed by atoms with Gasteiger partial charge in [0.1, 0.15) is 17.4 Å². The Morgan fingerprint density at radius 3 is 2.59 bits per heavy atom. The van der Waals surface area contributed by atoms with Crippen LogP contribution in [-0.4, -0.2) is 57.9 Å². The lowest BCUT2D eigenvalue weighted by Crippen LogP contribution is -2.37. The number of nitro groups is 1. The molecule has 2 fully saturated rings. The van der Waals surface area contributed by atoms with Gasteiger partial charge in [-0.3, -0.25) is 19.7 Å². The van der Waals surface area contributed by atoms with E-state index in [1.807, 2.05) is 4.90 Å². The first-order valence-corrected chi connectivity index (χ1v) is 12.6. The Labute approximate surface area is 214 Å². The van der Waals surface area contributed by atoms with Crippen molar-refractivity contribution in [3.8, 4) is 11.4 Å². The molecule has 0 spiro atoms. The third kappa shape index (κ3) is 4.64. The lowest BCUT2D eigenvalue weighted by Gasteiger charge is -2.37. The third-order valence-electron chi connectivity index (χ3n) is 7.44. The van der Waals surface area contributed by atoms with E-state index in [4.69, 9.17) is 16.0 Å². The molecule has 1 saturated carbocycles. The molecule has 1 aliphatic carbocycles. The highest BCUT2D eigenvalue weighted by Gasteiger charge is 2.35. The highest BCUT2D eigenvalue weighted by atomic mass is 16.6. The minimum atomic E-state index is -0.571. The van der Waals surface area contributed by atoms with Crippen LogP contribution in [0.4, 0.5) is 17.1 Å². The molecule has 1 aliphatic heterocycles. The molecule has 0 bridgehead atoms. The second kappa shape index (κ2) is 9.86. The minimum Gasteiger partial charge on any atom is -0.459 e. The molecule has 3 aromatic rings. The number of ether oxygens (including phenoxy) is 2. The van der Waals surface area contributed by atoms with E-state index in [2.05, 4.69) is 35.7 Å². The fraction of sp³-hybridized carbons (Fsp3) is 0.500. The molecular formula is C26H30N6O5. The number of fused-ring (bicyclic) bond motifs is 1.